The first-order chi connectivity index (χ1) is 2.94. The molecule has 0 unspecified atom stereocenters. The fourth-order valence-electron chi connectivity index (χ4n) is 0. The Labute approximate surface area is 67.5 Å². The molecule has 0 bridgehead atoms. The fraction of sp³-hybridized carbons (Fsp3) is 1.00. The molecule has 3 nitrogen and oxygen atoms in total. The van der Waals surface area contributed by atoms with Gasteiger partial charge in [-0.3, -0.25) is 10.1 Å². The average molecular weight is 198 g/mol. The van der Waals surface area contributed by atoms with Crippen LogP contribution in [0.1, 0.15) is 0 Å². The second-order valence-electron chi connectivity index (χ2n) is 0.725. The van der Waals surface area contributed by atoms with Gasteiger partial charge in [0.1, 0.15) is 0 Å². The third-order valence-corrected chi connectivity index (χ3v) is 0.621. The van der Waals surface area contributed by atoms with E-state index >= 15 is 0 Å². The van der Waals surface area contributed by atoms with Crippen LogP contribution in [0.2, 0.25) is 0 Å². The van der Waals surface area contributed by atoms with Gasteiger partial charge in [-0.15, -0.1) is 0 Å². The molecule has 0 spiro atoms. The summed E-state index contributed by atoms with van der Waals surface area (Å²) >= 11 is 14.1. The van der Waals surface area contributed by atoms with Gasteiger partial charge in [-0.05, 0) is 34.8 Å². The Kier molecular flexibility index (Phi) is 5.15. The van der Waals surface area contributed by atoms with E-state index in [1.54, 1.807) is 0 Å². The van der Waals surface area contributed by atoms with Gasteiger partial charge in [0.05, 0.1) is 4.92 Å². The summed E-state index contributed by atoms with van der Waals surface area (Å²) in [6.07, 6.45) is 0. The van der Waals surface area contributed by atoms with Gasteiger partial charge < -0.3 is 0 Å². The normalized spacial score (nSPS) is 9.88. The molecule has 0 fully saturated rings. The molecule has 50 valence electrons. The number of hydrogen-bond donors (Lipinski definition) is 0. The molecule has 0 rings (SSSR count). The van der Waals surface area contributed by atoms with Crippen LogP contribution in [0.3, 0.4) is 0 Å². The molecule has 0 atom stereocenters. The molecule has 0 heterocycles. The molecule has 0 N–H and O–H groups in total. The van der Waals surface area contributed by atoms with Crippen molar-refractivity contribution in [2.75, 3.05) is 0 Å². The maximum Gasteiger partial charge on any atom is 0.449 e. The quantitative estimate of drug-likeness (QED) is 0.257. The fourth-order valence-corrected chi connectivity index (χ4v) is 0. The molecule has 0 aromatic rings. The van der Waals surface area contributed by atoms with E-state index in [1.807, 2.05) is 0 Å². The number of hydrogen-bond acceptors (Lipinski definition) is 2. The summed E-state index contributed by atoms with van der Waals surface area (Å²) in [5.41, 5.74) is 0. The second kappa shape index (κ2) is 3.61. The zero-order chi connectivity index (χ0) is 6.08. The van der Waals surface area contributed by atoms with E-state index in [1.165, 1.54) is 0 Å². The van der Waals surface area contributed by atoms with E-state index < -0.39 is 8.84 Å². The summed E-state index contributed by atoms with van der Waals surface area (Å²) in [6, 6.07) is 0. The minimum absolute atomic E-state index is 0. The van der Waals surface area contributed by atoms with Crippen LogP contribution in [-0.4, -0.2) is 8.84 Å². The topological polar surface area (TPSA) is 43.1 Å². The van der Waals surface area contributed by atoms with Gasteiger partial charge in [0.2, 0.25) is 0 Å². The van der Waals surface area contributed by atoms with E-state index in [-0.39, 0.29) is 13.5 Å². The predicted octanol–water partition coefficient (Wildman–Crippen LogP) is 1.70. The minimum atomic E-state index is -2.36. The maximum absolute atomic E-state index is 9.43. The lowest BCUT2D eigenvalue weighted by Crippen LogP contribution is -2.15. The molecule has 0 saturated heterocycles. The highest BCUT2D eigenvalue weighted by molar-refractivity contribution is 7.59. The largest absolute Gasteiger partial charge is 0.449 e. The molecule has 0 aliphatic heterocycles. The van der Waals surface area contributed by atoms with Gasteiger partial charge in [-0.1, -0.05) is 0 Å². The van der Waals surface area contributed by atoms with Crippen molar-refractivity contribution in [3.63, 3.8) is 0 Å². The smallest absolute Gasteiger partial charge is 0.260 e. The monoisotopic (exact) mass is 197 g/mol. The van der Waals surface area contributed by atoms with Gasteiger partial charge in [-0.25, -0.2) is 0 Å². The molecule has 0 aliphatic rings. The summed E-state index contributed by atoms with van der Waals surface area (Å²) in [5.74, 6) is 0. The lowest BCUT2D eigenvalue weighted by molar-refractivity contribution is -0.491. The van der Waals surface area contributed by atoms with Gasteiger partial charge in [0.15, 0.2) is 0 Å². The second-order valence-corrected chi connectivity index (χ2v) is 2.95. The number of halogens is 3. The molecular weight excluding hydrogens is 196 g/mol. The number of nitrogens with zero attached hydrogens (tertiary/aromatic N) is 1. The summed E-state index contributed by atoms with van der Waals surface area (Å²) < 4.78 is -2.36. The number of nitro groups is 1. The van der Waals surface area contributed by atoms with Gasteiger partial charge in [0, 0.05) is 0 Å². The van der Waals surface area contributed by atoms with E-state index in [4.69, 9.17) is 34.8 Å². The molecule has 8 heavy (non-hydrogen) atoms. The van der Waals surface area contributed by atoms with Crippen molar-refractivity contribution < 1.29 is 4.92 Å². The third-order valence-electron chi connectivity index (χ3n) is 0.207. The van der Waals surface area contributed by atoms with E-state index in [0.29, 0.717) is 0 Å². The van der Waals surface area contributed by atoms with Crippen molar-refractivity contribution in [2.24, 2.45) is 0 Å². The van der Waals surface area contributed by atoms with E-state index in [0.717, 1.165) is 0 Å². The number of rotatable bonds is 0. The van der Waals surface area contributed by atoms with Gasteiger partial charge >= 0.3 is 3.92 Å². The lowest BCUT2D eigenvalue weighted by atomic mass is 11.4. The van der Waals surface area contributed by atoms with Crippen LogP contribution in [0.4, 0.5) is 0 Å². The average Bonchev–Trinajstić information content (AvgIpc) is 1.31. The molecule has 0 amide bonds. The van der Waals surface area contributed by atoms with Crippen LogP contribution in [0.5, 0.6) is 0 Å². The Hall–Kier alpha value is 0.620. The van der Waals surface area contributed by atoms with Crippen LogP contribution in [-0.2, 0) is 0 Å². The van der Waals surface area contributed by atoms with Crippen molar-refractivity contribution >= 4 is 48.3 Å². The Morgan fingerprint density at radius 2 is 1.50 bits per heavy atom. The Morgan fingerprint density at radius 1 is 1.38 bits per heavy atom. The van der Waals surface area contributed by atoms with Crippen LogP contribution in [0.25, 0.3) is 0 Å². The zero-order valence-electron chi connectivity index (χ0n) is 3.40. The van der Waals surface area contributed by atoms with Crippen molar-refractivity contribution in [3.05, 3.63) is 10.1 Å². The van der Waals surface area contributed by atoms with Crippen LogP contribution in [0.15, 0.2) is 0 Å². The standard InChI is InChI=1S/CCl3NO2.H2S/c2-1(3,4)5(6)7;/h;1H2. The molecular formula is CH2Cl3NO2S. The van der Waals surface area contributed by atoms with Crippen molar-refractivity contribution in [1.82, 2.24) is 0 Å². The van der Waals surface area contributed by atoms with Gasteiger partial charge in [0.25, 0.3) is 0 Å². The van der Waals surface area contributed by atoms with Crippen LogP contribution >= 0.6 is 48.3 Å². The van der Waals surface area contributed by atoms with Gasteiger partial charge in [-0.2, -0.15) is 13.5 Å². The first-order valence-electron chi connectivity index (χ1n) is 1.16. The Bertz CT molecular complexity index is 89.8. The summed E-state index contributed by atoms with van der Waals surface area (Å²) in [4.78, 5) is 8.41. The minimum Gasteiger partial charge on any atom is -0.260 e. The van der Waals surface area contributed by atoms with Crippen molar-refractivity contribution in [3.8, 4) is 0 Å². The highest BCUT2D eigenvalue weighted by atomic mass is 35.6. The first-order valence-corrected chi connectivity index (χ1v) is 2.29. The highest BCUT2D eigenvalue weighted by Gasteiger charge is 2.33. The molecule has 0 aliphatic carbocycles. The highest BCUT2D eigenvalue weighted by Crippen LogP contribution is 2.25. The predicted molar refractivity (Wildman–Crippen MR) is 37.7 cm³/mol. The third kappa shape index (κ3) is 4.77. The van der Waals surface area contributed by atoms with E-state index in [9.17, 15) is 10.1 Å². The van der Waals surface area contributed by atoms with Crippen molar-refractivity contribution in [2.45, 2.75) is 3.92 Å². The molecule has 0 aromatic carbocycles. The first kappa shape index (κ1) is 11.4. The lowest BCUT2D eigenvalue weighted by Gasteiger charge is -1.96. The molecule has 0 radical (unpaired) electrons. The summed E-state index contributed by atoms with van der Waals surface area (Å²) in [5, 5.41) is 9.43. The number of alkyl halides is 3. The summed E-state index contributed by atoms with van der Waals surface area (Å²) in [7, 11) is 0. The Balaban J connectivity index is 0. The molecule has 7 heteroatoms. The van der Waals surface area contributed by atoms with E-state index in [2.05, 4.69) is 0 Å². The van der Waals surface area contributed by atoms with Crippen molar-refractivity contribution in [1.29, 1.82) is 0 Å². The SMILES string of the molecule is O=[N+]([O-])C(Cl)(Cl)Cl.S. The molecule has 0 aromatic heterocycles. The summed E-state index contributed by atoms with van der Waals surface area (Å²) in [6.45, 7) is 0. The molecule has 0 saturated carbocycles. The maximum atomic E-state index is 9.43. The van der Waals surface area contributed by atoms with Crippen LogP contribution < -0.4 is 0 Å². The zero-order valence-corrected chi connectivity index (χ0v) is 6.67. The Morgan fingerprint density at radius 3 is 1.50 bits per heavy atom. The van der Waals surface area contributed by atoms with Crippen LogP contribution in [0, 0.1) is 10.1 Å².